The number of halogens is 2. The molecule has 0 aliphatic carbocycles. The quantitative estimate of drug-likeness (QED) is 0.850. The van der Waals surface area contributed by atoms with Crippen LogP contribution in [0, 0.1) is 0 Å². The van der Waals surface area contributed by atoms with Crippen molar-refractivity contribution in [3.8, 4) is 0 Å². The average molecular weight is 269 g/mol. The third-order valence-corrected chi connectivity index (χ3v) is 2.39. The van der Waals surface area contributed by atoms with Crippen molar-refractivity contribution < 1.29 is 4.79 Å². The van der Waals surface area contributed by atoms with Crippen molar-refractivity contribution in [1.29, 1.82) is 0 Å². The zero-order valence-corrected chi connectivity index (χ0v) is 9.90. The van der Waals surface area contributed by atoms with Gasteiger partial charge in [0, 0.05) is 18.6 Å². The lowest BCUT2D eigenvalue weighted by Crippen LogP contribution is -2.13. The van der Waals surface area contributed by atoms with Gasteiger partial charge in [-0.25, -0.2) is 9.97 Å². The third kappa shape index (κ3) is 2.89. The smallest absolute Gasteiger partial charge is 0.259 e. The number of carbonyl (C=O) groups excluding carboxylic acids is 1. The van der Waals surface area contributed by atoms with Gasteiger partial charge in [-0.2, -0.15) is 0 Å². The van der Waals surface area contributed by atoms with Gasteiger partial charge in [-0.05, 0) is 6.07 Å². The van der Waals surface area contributed by atoms with Crippen LogP contribution in [0.2, 0.25) is 10.2 Å². The number of rotatable bonds is 2. The van der Waals surface area contributed by atoms with Gasteiger partial charge in [-0.3, -0.25) is 9.78 Å². The summed E-state index contributed by atoms with van der Waals surface area (Å²) in [5, 5.41) is 2.99. The van der Waals surface area contributed by atoms with Gasteiger partial charge in [0.1, 0.15) is 5.15 Å². The van der Waals surface area contributed by atoms with Gasteiger partial charge < -0.3 is 5.32 Å². The van der Waals surface area contributed by atoms with Crippen LogP contribution in [0.3, 0.4) is 0 Å². The number of amides is 1. The maximum atomic E-state index is 11.8. The van der Waals surface area contributed by atoms with Crippen LogP contribution < -0.4 is 5.32 Å². The van der Waals surface area contributed by atoms with E-state index >= 15 is 0 Å². The molecular weight excluding hydrogens is 263 g/mol. The summed E-state index contributed by atoms with van der Waals surface area (Å²) in [4.78, 5) is 23.3. The van der Waals surface area contributed by atoms with Crippen LogP contribution in [-0.2, 0) is 0 Å². The molecular formula is C10H6Cl2N4O. The molecule has 0 bridgehead atoms. The first kappa shape index (κ1) is 11.8. The summed E-state index contributed by atoms with van der Waals surface area (Å²) >= 11 is 11.5. The molecule has 0 saturated carbocycles. The van der Waals surface area contributed by atoms with Crippen molar-refractivity contribution in [2.24, 2.45) is 0 Å². The van der Waals surface area contributed by atoms with Crippen LogP contribution in [0.5, 0.6) is 0 Å². The van der Waals surface area contributed by atoms with Crippen molar-refractivity contribution in [2.45, 2.75) is 0 Å². The Bertz CT molecular complexity index is 547. The summed E-state index contributed by atoms with van der Waals surface area (Å²) in [6, 6.07) is 1.40. The van der Waals surface area contributed by atoms with E-state index in [1.165, 1.54) is 30.9 Å². The molecule has 5 nitrogen and oxygen atoms in total. The van der Waals surface area contributed by atoms with E-state index in [-0.39, 0.29) is 15.7 Å². The fourth-order valence-corrected chi connectivity index (χ4v) is 1.57. The summed E-state index contributed by atoms with van der Waals surface area (Å²) < 4.78 is 0. The molecule has 0 aliphatic rings. The minimum atomic E-state index is -0.417. The molecule has 0 unspecified atom stereocenters. The molecule has 0 spiro atoms. The van der Waals surface area contributed by atoms with Gasteiger partial charge in [0.2, 0.25) is 0 Å². The van der Waals surface area contributed by atoms with E-state index in [4.69, 9.17) is 23.2 Å². The lowest BCUT2D eigenvalue weighted by Gasteiger charge is -2.04. The molecule has 2 aromatic heterocycles. The normalized spacial score (nSPS) is 10.0. The molecule has 0 radical (unpaired) electrons. The molecule has 7 heteroatoms. The molecule has 2 rings (SSSR count). The first-order valence-corrected chi connectivity index (χ1v) is 5.31. The second-order valence-electron chi connectivity index (χ2n) is 3.03. The van der Waals surface area contributed by atoms with Crippen LogP contribution in [-0.4, -0.2) is 20.9 Å². The van der Waals surface area contributed by atoms with Crippen molar-refractivity contribution in [3.05, 3.63) is 46.6 Å². The Labute approximate surface area is 107 Å². The summed E-state index contributed by atoms with van der Waals surface area (Å²) in [6.07, 6.45) is 5.70. The molecule has 0 aromatic carbocycles. The van der Waals surface area contributed by atoms with Crippen LogP contribution in [0.1, 0.15) is 10.4 Å². The van der Waals surface area contributed by atoms with E-state index in [2.05, 4.69) is 20.3 Å². The number of nitrogens with zero attached hydrogens (tertiary/aromatic N) is 3. The van der Waals surface area contributed by atoms with Gasteiger partial charge in [-0.15, -0.1) is 0 Å². The van der Waals surface area contributed by atoms with E-state index in [9.17, 15) is 4.79 Å². The molecule has 86 valence electrons. The molecule has 0 atom stereocenters. The second kappa shape index (κ2) is 5.07. The first-order valence-electron chi connectivity index (χ1n) is 4.55. The van der Waals surface area contributed by atoms with Crippen LogP contribution >= 0.6 is 23.2 Å². The number of aromatic nitrogens is 3. The van der Waals surface area contributed by atoms with E-state index in [1.54, 1.807) is 0 Å². The Hall–Kier alpha value is -1.72. The highest BCUT2D eigenvalue weighted by Gasteiger charge is 2.12. The van der Waals surface area contributed by atoms with E-state index in [0.717, 1.165) is 0 Å². The number of carbonyl (C=O) groups is 1. The Balaban J connectivity index is 2.21. The molecule has 2 aromatic rings. The topological polar surface area (TPSA) is 67.8 Å². The zero-order chi connectivity index (χ0) is 12.3. The van der Waals surface area contributed by atoms with Crippen LogP contribution in [0.15, 0.2) is 30.9 Å². The fraction of sp³-hybridized carbons (Fsp3) is 0. The Morgan fingerprint density at radius 1 is 1.18 bits per heavy atom. The third-order valence-electron chi connectivity index (χ3n) is 1.87. The first-order chi connectivity index (χ1) is 8.16. The van der Waals surface area contributed by atoms with Gasteiger partial charge in [0.15, 0.2) is 5.82 Å². The number of hydrogen-bond donors (Lipinski definition) is 1. The minimum absolute atomic E-state index is 0.224. The zero-order valence-electron chi connectivity index (χ0n) is 8.39. The van der Waals surface area contributed by atoms with Gasteiger partial charge in [0.05, 0.1) is 16.8 Å². The lowest BCUT2D eigenvalue weighted by molar-refractivity contribution is 0.102. The monoisotopic (exact) mass is 268 g/mol. The molecule has 2 heterocycles. The van der Waals surface area contributed by atoms with Crippen LogP contribution in [0.25, 0.3) is 0 Å². The van der Waals surface area contributed by atoms with Gasteiger partial charge in [0.25, 0.3) is 5.91 Å². The SMILES string of the molecule is O=C(Nc1cnccn1)c1cnc(Cl)cc1Cl. The second-order valence-corrected chi connectivity index (χ2v) is 3.83. The van der Waals surface area contributed by atoms with E-state index < -0.39 is 5.91 Å². The standard InChI is InChI=1S/C10H6Cl2N4O/c11-7-3-8(12)15-4-6(7)10(17)16-9-5-13-1-2-14-9/h1-5H,(H,14,16,17). The minimum Gasteiger partial charge on any atom is -0.305 e. The number of pyridine rings is 1. The predicted molar refractivity (Wildman–Crippen MR) is 64.2 cm³/mol. The van der Waals surface area contributed by atoms with Crippen molar-refractivity contribution in [3.63, 3.8) is 0 Å². The highest BCUT2D eigenvalue weighted by atomic mass is 35.5. The molecule has 1 amide bonds. The van der Waals surface area contributed by atoms with E-state index in [0.29, 0.717) is 5.82 Å². The number of hydrogen-bond acceptors (Lipinski definition) is 4. The van der Waals surface area contributed by atoms with Crippen LogP contribution in [0.4, 0.5) is 5.82 Å². The maximum absolute atomic E-state index is 11.8. The van der Waals surface area contributed by atoms with Gasteiger partial charge >= 0.3 is 0 Å². The highest BCUT2D eigenvalue weighted by molar-refractivity contribution is 6.36. The molecule has 0 saturated heterocycles. The van der Waals surface area contributed by atoms with Gasteiger partial charge in [-0.1, -0.05) is 23.2 Å². The molecule has 17 heavy (non-hydrogen) atoms. The molecule has 0 aliphatic heterocycles. The highest BCUT2D eigenvalue weighted by Crippen LogP contribution is 2.19. The van der Waals surface area contributed by atoms with Crippen molar-refractivity contribution in [1.82, 2.24) is 15.0 Å². The number of anilines is 1. The Morgan fingerprint density at radius 3 is 2.65 bits per heavy atom. The summed E-state index contributed by atoms with van der Waals surface area (Å²) in [5.41, 5.74) is 0.224. The summed E-state index contributed by atoms with van der Waals surface area (Å²) in [5.74, 6) is -0.0804. The summed E-state index contributed by atoms with van der Waals surface area (Å²) in [7, 11) is 0. The Morgan fingerprint density at radius 2 is 2.00 bits per heavy atom. The molecule has 1 N–H and O–H groups in total. The Kier molecular flexibility index (Phi) is 3.51. The number of nitrogens with one attached hydrogen (secondary N) is 1. The predicted octanol–water partition coefficient (Wildman–Crippen LogP) is 2.43. The van der Waals surface area contributed by atoms with Crippen molar-refractivity contribution >= 4 is 34.9 Å². The lowest BCUT2D eigenvalue weighted by atomic mass is 10.2. The van der Waals surface area contributed by atoms with E-state index in [1.807, 2.05) is 0 Å². The average Bonchev–Trinajstić information content (AvgIpc) is 2.30. The summed E-state index contributed by atoms with van der Waals surface area (Å²) in [6.45, 7) is 0. The van der Waals surface area contributed by atoms with Crippen molar-refractivity contribution in [2.75, 3.05) is 5.32 Å². The molecule has 0 fully saturated rings. The largest absolute Gasteiger partial charge is 0.305 e. The maximum Gasteiger partial charge on any atom is 0.259 e. The fourth-order valence-electron chi connectivity index (χ4n) is 1.12.